The summed E-state index contributed by atoms with van der Waals surface area (Å²) in [5.41, 5.74) is 2.54. The van der Waals surface area contributed by atoms with E-state index in [1.165, 1.54) is 57.8 Å². The third kappa shape index (κ3) is 13.3. The number of unbranched alkanes of at least 4 members (excludes halogenated alkanes) is 9. The van der Waals surface area contributed by atoms with Crippen molar-refractivity contribution in [3.63, 3.8) is 0 Å². The smallest absolute Gasteiger partial charge is 0.306 e. The maximum absolute atomic E-state index is 12.7. The van der Waals surface area contributed by atoms with E-state index < -0.39 is 0 Å². The third-order valence-electron chi connectivity index (χ3n) is 8.66. The van der Waals surface area contributed by atoms with E-state index in [1.54, 1.807) is 0 Å². The van der Waals surface area contributed by atoms with Crippen LogP contribution in [-0.2, 0) is 36.3 Å². The average molecular weight is 591 g/mol. The zero-order valence-electron chi connectivity index (χ0n) is 28.3. The van der Waals surface area contributed by atoms with E-state index in [2.05, 4.69) is 60.6 Å². The SMILES string of the molecule is CCCCCCCCCCCCOC[N+]1(CCOC(=O)CCc2cc(C(C)(C)C)c(O)c(C(C)(C)C)c2)CCOCC1. The lowest BCUT2D eigenvalue weighted by molar-refractivity contribution is -0.952. The Balaban J connectivity index is 1.75. The minimum atomic E-state index is -0.188. The fourth-order valence-corrected chi connectivity index (χ4v) is 5.75. The van der Waals surface area contributed by atoms with Crippen LogP contribution in [0.4, 0.5) is 0 Å². The van der Waals surface area contributed by atoms with Gasteiger partial charge in [-0.2, -0.15) is 0 Å². The van der Waals surface area contributed by atoms with Crippen molar-refractivity contribution in [1.29, 1.82) is 0 Å². The molecule has 0 bridgehead atoms. The molecular weight excluding hydrogens is 526 g/mol. The van der Waals surface area contributed by atoms with Gasteiger partial charge in [-0.15, -0.1) is 0 Å². The summed E-state index contributed by atoms with van der Waals surface area (Å²) in [6, 6.07) is 4.11. The molecule has 1 aromatic rings. The predicted octanol–water partition coefficient (Wildman–Crippen LogP) is 8.21. The summed E-state index contributed by atoms with van der Waals surface area (Å²) in [5.74, 6) is 0.201. The molecule has 0 aromatic heterocycles. The van der Waals surface area contributed by atoms with Gasteiger partial charge in [0.1, 0.15) is 32.0 Å². The number of carbonyl (C=O) groups is 1. The molecule has 1 aliphatic rings. The summed E-state index contributed by atoms with van der Waals surface area (Å²) in [6.07, 6.45) is 14.2. The molecule has 1 aromatic carbocycles. The van der Waals surface area contributed by atoms with E-state index in [4.69, 9.17) is 14.2 Å². The fourth-order valence-electron chi connectivity index (χ4n) is 5.75. The number of rotatable bonds is 19. The number of aromatic hydroxyl groups is 1. The standard InChI is InChI=1S/C36H63NO5/c1-8-9-10-11-12-13-14-15-16-17-23-41-29-37(20-24-40-25-21-37)22-26-42-33(38)19-18-30-27-31(35(2,3)4)34(39)32(28-30)36(5,6)7/h27-28H,8-26,29H2,1-7H3/p+1. The molecule has 2 rings (SSSR count). The normalized spacial score (nSPS) is 15.6. The Morgan fingerprint density at radius 2 is 1.36 bits per heavy atom. The number of carbonyl (C=O) groups excluding carboxylic acids is 1. The molecule has 0 unspecified atom stereocenters. The number of hydrogen-bond donors (Lipinski definition) is 1. The molecule has 242 valence electrons. The Hall–Kier alpha value is -1.63. The maximum Gasteiger partial charge on any atom is 0.306 e. The monoisotopic (exact) mass is 590 g/mol. The van der Waals surface area contributed by atoms with Crippen molar-refractivity contribution in [1.82, 2.24) is 0 Å². The molecule has 1 saturated heterocycles. The Kier molecular flexibility index (Phi) is 15.9. The van der Waals surface area contributed by atoms with Crippen molar-refractivity contribution >= 4 is 5.97 Å². The molecule has 6 nitrogen and oxygen atoms in total. The molecule has 0 radical (unpaired) electrons. The molecule has 1 N–H and O–H groups in total. The number of phenolic OH excluding ortho intramolecular Hbond substituents is 1. The van der Waals surface area contributed by atoms with Gasteiger partial charge in [-0.05, 0) is 40.4 Å². The quantitative estimate of drug-likeness (QED) is 0.0999. The Labute approximate surface area is 258 Å². The number of hydrogen-bond acceptors (Lipinski definition) is 5. The zero-order valence-corrected chi connectivity index (χ0v) is 28.3. The first-order valence-corrected chi connectivity index (χ1v) is 16.9. The summed E-state index contributed by atoms with van der Waals surface area (Å²) in [4.78, 5) is 12.7. The van der Waals surface area contributed by atoms with Crippen LogP contribution in [0.15, 0.2) is 12.1 Å². The van der Waals surface area contributed by atoms with Gasteiger partial charge < -0.3 is 19.3 Å². The number of aryl methyl sites for hydroxylation is 1. The second kappa shape index (κ2) is 18.2. The largest absolute Gasteiger partial charge is 0.507 e. The number of morpholine rings is 1. The van der Waals surface area contributed by atoms with E-state index in [9.17, 15) is 9.90 Å². The average Bonchev–Trinajstić information content (AvgIpc) is 2.92. The van der Waals surface area contributed by atoms with Gasteiger partial charge in [0.05, 0.1) is 19.8 Å². The summed E-state index contributed by atoms with van der Waals surface area (Å²) in [7, 11) is 0. The van der Waals surface area contributed by atoms with Gasteiger partial charge in [0, 0.05) is 6.42 Å². The Bertz CT molecular complexity index is 873. The van der Waals surface area contributed by atoms with Gasteiger partial charge in [0.2, 0.25) is 0 Å². The number of phenols is 1. The van der Waals surface area contributed by atoms with Crippen LogP contribution in [0.1, 0.15) is 136 Å². The fraction of sp³-hybridized carbons (Fsp3) is 0.806. The number of nitrogens with zero attached hydrogens (tertiary/aromatic N) is 1. The lowest BCUT2D eigenvalue weighted by Gasteiger charge is -2.40. The van der Waals surface area contributed by atoms with Gasteiger partial charge in [-0.3, -0.25) is 9.28 Å². The van der Waals surface area contributed by atoms with Crippen LogP contribution in [0.2, 0.25) is 0 Å². The molecule has 0 saturated carbocycles. The number of ether oxygens (including phenoxy) is 3. The van der Waals surface area contributed by atoms with Gasteiger partial charge in [0.25, 0.3) is 0 Å². The van der Waals surface area contributed by atoms with Crippen molar-refractivity contribution in [2.24, 2.45) is 0 Å². The Morgan fingerprint density at radius 1 is 0.833 bits per heavy atom. The first-order valence-electron chi connectivity index (χ1n) is 16.9. The van der Waals surface area contributed by atoms with Crippen LogP contribution < -0.4 is 0 Å². The minimum absolute atomic E-state index is 0.171. The van der Waals surface area contributed by atoms with Crippen LogP contribution in [0, 0.1) is 0 Å². The van der Waals surface area contributed by atoms with Crippen molar-refractivity contribution in [3.05, 3.63) is 28.8 Å². The molecule has 1 fully saturated rings. The van der Waals surface area contributed by atoms with Crippen LogP contribution in [0.25, 0.3) is 0 Å². The first-order chi connectivity index (χ1) is 19.9. The van der Waals surface area contributed by atoms with Crippen LogP contribution in [-0.4, -0.2) is 68.4 Å². The van der Waals surface area contributed by atoms with Crippen molar-refractivity contribution in [3.8, 4) is 5.75 Å². The summed E-state index contributed by atoms with van der Waals surface area (Å²) >= 11 is 0. The molecule has 42 heavy (non-hydrogen) atoms. The molecule has 0 atom stereocenters. The van der Waals surface area contributed by atoms with Crippen LogP contribution in [0.3, 0.4) is 0 Å². The van der Waals surface area contributed by atoms with Crippen molar-refractivity contribution in [2.45, 2.75) is 136 Å². The second-order valence-electron chi connectivity index (χ2n) is 14.6. The van der Waals surface area contributed by atoms with Crippen molar-refractivity contribution in [2.75, 3.05) is 52.8 Å². The second-order valence-corrected chi connectivity index (χ2v) is 14.6. The third-order valence-corrected chi connectivity index (χ3v) is 8.66. The Morgan fingerprint density at radius 3 is 1.88 bits per heavy atom. The number of quaternary nitrogens is 1. The maximum atomic E-state index is 12.7. The molecule has 6 heteroatoms. The van der Waals surface area contributed by atoms with Crippen LogP contribution in [0.5, 0.6) is 5.75 Å². The molecule has 0 aliphatic carbocycles. The first kappa shape index (κ1) is 36.6. The minimum Gasteiger partial charge on any atom is -0.507 e. The van der Waals surface area contributed by atoms with Gasteiger partial charge in [-0.25, -0.2) is 0 Å². The molecular formula is C36H64NO5+. The number of esters is 1. The van der Waals surface area contributed by atoms with Crippen molar-refractivity contribution < 1.29 is 28.6 Å². The predicted molar refractivity (Wildman–Crippen MR) is 173 cm³/mol. The van der Waals surface area contributed by atoms with Gasteiger partial charge >= 0.3 is 5.97 Å². The van der Waals surface area contributed by atoms with Gasteiger partial charge in [0.15, 0.2) is 6.73 Å². The lowest BCUT2D eigenvalue weighted by Crippen LogP contribution is -2.57. The number of benzene rings is 1. The molecule has 0 amide bonds. The van der Waals surface area contributed by atoms with E-state index in [-0.39, 0.29) is 16.8 Å². The van der Waals surface area contributed by atoms with Gasteiger partial charge in [-0.1, -0.05) is 118 Å². The van der Waals surface area contributed by atoms with Crippen LogP contribution >= 0.6 is 0 Å². The summed E-state index contributed by atoms with van der Waals surface area (Å²) < 4.78 is 18.3. The van der Waals surface area contributed by atoms with E-state index in [1.807, 2.05) is 0 Å². The van der Waals surface area contributed by atoms with E-state index >= 15 is 0 Å². The highest BCUT2D eigenvalue weighted by atomic mass is 16.5. The van der Waals surface area contributed by atoms with E-state index in [0.29, 0.717) is 31.9 Å². The lowest BCUT2D eigenvalue weighted by atomic mass is 9.78. The highest BCUT2D eigenvalue weighted by Crippen LogP contribution is 2.40. The molecule has 1 heterocycles. The molecule has 0 spiro atoms. The summed E-state index contributed by atoms with van der Waals surface area (Å²) in [6.45, 7) is 20.8. The molecule has 1 aliphatic heterocycles. The highest BCUT2D eigenvalue weighted by molar-refractivity contribution is 5.69. The summed E-state index contributed by atoms with van der Waals surface area (Å²) in [5, 5.41) is 11.0. The topological polar surface area (TPSA) is 65.0 Å². The highest BCUT2D eigenvalue weighted by Gasteiger charge is 2.31. The zero-order chi connectivity index (χ0) is 31.1. The van der Waals surface area contributed by atoms with E-state index in [0.717, 1.165) is 67.0 Å².